The summed E-state index contributed by atoms with van der Waals surface area (Å²) in [5, 5.41) is 0. The first-order chi connectivity index (χ1) is 11.3. The Labute approximate surface area is 137 Å². The van der Waals surface area contributed by atoms with Gasteiger partial charge in [-0.15, -0.1) is 13.6 Å². The molecule has 0 bridgehead atoms. The lowest BCUT2D eigenvalue weighted by Gasteiger charge is -2.39. The second-order valence-corrected chi connectivity index (χ2v) is 9.06. The van der Waals surface area contributed by atoms with E-state index in [0.717, 1.165) is 0 Å². The van der Waals surface area contributed by atoms with Crippen LogP contribution in [-0.4, -0.2) is 49.3 Å². The molecule has 3 aliphatic heterocycles. The predicted molar refractivity (Wildman–Crippen MR) is 71.1 cm³/mol. The third-order valence-electron chi connectivity index (χ3n) is 3.14. The molecule has 24 heavy (non-hydrogen) atoms. The van der Waals surface area contributed by atoms with Gasteiger partial charge in [0.15, 0.2) is 28.9 Å². The average molecular weight is 427 g/mol. The van der Waals surface area contributed by atoms with Gasteiger partial charge >= 0.3 is 32.6 Å². The number of hydrogen-bond acceptors (Lipinski definition) is 12. The zero-order chi connectivity index (χ0) is 17.5. The molecule has 3 fully saturated rings. The Hall–Kier alpha value is 0.170. The van der Waals surface area contributed by atoms with Crippen molar-refractivity contribution in [3.05, 3.63) is 0 Å². The Morgan fingerprint density at radius 1 is 1.08 bits per heavy atom. The van der Waals surface area contributed by atoms with E-state index in [1.807, 2.05) is 0 Å². The van der Waals surface area contributed by atoms with Gasteiger partial charge in [0.05, 0.1) is 0 Å². The molecule has 0 aliphatic carbocycles. The lowest BCUT2D eigenvalue weighted by molar-refractivity contribution is -0.279. The Kier molecular flexibility index (Phi) is 5.86. The summed E-state index contributed by atoms with van der Waals surface area (Å²) in [4.78, 5) is 9.51. The number of phosphoric ester groups is 1. The molecule has 9 atom stereocenters. The first-order valence-corrected chi connectivity index (χ1v) is 11.0. The number of phosphoric acid groups is 1. The van der Waals surface area contributed by atoms with Gasteiger partial charge in [-0.25, -0.2) is 4.57 Å². The molecule has 13 nitrogen and oxygen atoms in total. The minimum atomic E-state index is -4.72. The van der Waals surface area contributed by atoms with Crippen molar-refractivity contribution in [1.82, 2.24) is 0 Å². The number of ether oxygens (including phenoxy) is 2. The Morgan fingerprint density at radius 3 is 2.50 bits per heavy atom. The fourth-order valence-electron chi connectivity index (χ4n) is 2.27. The van der Waals surface area contributed by atoms with Gasteiger partial charge in [0.2, 0.25) is 0 Å². The van der Waals surface area contributed by atoms with Crippen molar-refractivity contribution in [3.63, 3.8) is 0 Å². The summed E-state index contributed by atoms with van der Waals surface area (Å²) < 4.78 is 85.4. The van der Waals surface area contributed by atoms with Crippen LogP contribution < -0.4 is 0 Å². The topological polar surface area (TPSA) is 162 Å². The summed E-state index contributed by atoms with van der Waals surface area (Å²) in [6.07, 6.45) is -6.27. The van der Waals surface area contributed by atoms with Gasteiger partial charge in [0, 0.05) is 20.8 Å². The maximum atomic E-state index is 11.7. The second-order valence-electron chi connectivity index (χ2n) is 4.59. The van der Waals surface area contributed by atoms with Crippen LogP contribution in [0, 0.1) is 0 Å². The molecule has 0 aromatic rings. The molecule has 3 saturated heterocycles. The fourth-order valence-corrected chi connectivity index (χ4v) is 5.72. The van der Waals surface area contributed by atoms with E-state index >= 15 is 0 Å². The fraction of sp³-hybridized carbons (Fsp3) is 1.00. The van der Waals surface area contributed by atoms with Crippen LogP contribution in [0.15, 0.2) is 0 Å². The van der Waals surface area contributed by atoms with Crippen LogP contribution in [-0.2, 0) is 54.5 Å². The molecule has 0 saturated carbocycles. The molecule has 134 valence electrons. The van der Waals surface area contributed by atoms with E-state index < -0.39 is 63.3 Å². The van der Waals surface area contributed by atoms with Crippen molar-refractivity contribution in [1.29, 1.82) is 0 Å². The molecule has 6 unspecified atom stereocenters. The second kappa shape index (κ2) is 7.42. The first-order valence-electron chi connectivity index (χ1n) is 6.24. The van der Waals surface area contributed by atoms with E-state index in [9.17, 15) is 23.2 Å². The van der Waals surface area contributed by atoms with Crippen molar-refractivity contribution in [2.45, 2.75) is 30.7 Å². The molecule has 0 amide bonds. The molecule has 3 aliphatic rings. The summed E-state index contributed by atoms with van der Waals surface area (Å²) in [5.41, 5.74) is 0. The first kappa shape index (κ1) is 18.9. The molecule has 0 aromatic carbocycles. The van der Waals surface area contributed by atoms with Gasteiger partial charge in [0.1, 0.15) is 12.7 Å². The van der Waals surface area contributed by atoms with Crippen LogP contribution >= 0.6 is 32.6 Å². The van der Waals surface area contributed by atoms with Gasteiger partial charge in [-0.2, -0.15) is 0 Å². The van der Waals surface area contributed by atoms with Crippen LogP contribution in [0.2, 0.25) is 0 Å². The minimum Gasteiger partial charge on any atom is -0.353 e. The highest BCUT2D eigenvalue weighted by atomic mass is 31.2. The standard InChI is InChI=1S/C7H10O13P4/c1-13-7-6-5(17-23(10)20-24(11,12)18-6)4-3(15-7)2-14-21(8)19-22(9)16-4/h3-7H,2H2,1H3/q+2/p+1/t3?,4-,5+,6?,7+/m1/s1. The molecule has 0 spiro atoms. The highest BCUT2D eigenvalue weighted by Crippen LogP contribution is 2.59. The molecule has 17 heteroatoms. The van der Waals surface area contributed by atoms with Gasteiger partial charge in [0.25, 0.3) is 0 Å². The van der Waals surface area contributed by atoms with E-state index in [4.69, 9.17) is 27.6 Å². The van der Waals surface area contributed by atoms with Crippen LogP contribution in [0.1, 0.15) is 0 Å². The van der Waals surface area contributed by atoms with Crippen LogP contribution in [0.4, 0.5) is 0 Å². The zero-order valence-electron chi connectivity index (χ0n) is 11.7. The van der Waals surface area contributed by atoms with Crippen molar-refractivity contribution < 1.29 is 59.3 Å². The van der Waals surface area contributed by atoms with E-state index in [2.05, 4.69) is 8.62 Å². The third-order valence-corrected chi connectivity index (χ3v) is 7.27. The average Bonchev–Trinajstić information content (AvgIpc) is 2.58. The molecule has 3 heterocycles. The smallest absolute Gasteiger partial charge is 0.353 e. The van der Waals surface area contributed by atoms with Gasteiger partial charge < -0.3 is 9.47 Å². The Morgan fingerprint density at radius 2 is 1.79 bits per heavy atom. The summed E-state index contributed by atoms with van der Waals surface area (Å²) in [7, 11) is -12.2. The van der Waals surface area contributed by atoms with E-state index in [0.29, 0.717) is 0 Å². The van der Waals surface area contributed by atoms with Crippen LogP contribution in [0.3, 0.4) is 0 Å². The van der Waals surface area contributed by atoms with Crippen LogP contribution in [0.5, 0.6) is 0 Å². The summed E-state index contributed by atoms with van der Waals surface area (Å²) >= 11 is 0. The summed E-state index contributed by atoms with van der Waals surface area (Å²) in [5.74, 6) is 0. The number of methoxy groups -OCH3 is 1. The number of rotatable bonds is 1. The highest BCUT2D eigenvalue weighted by molar-refractivity contribution is 7.56. The normalized spacial score (nSPS) is 48.6. The lowest BCUT2D eigenvalue weighted by Crippen LogP contribution is -2.60. The molecule has 3 rings (SSSR count). The van der Waals surface area contributed by atoms with E-state index in [1.54, 1.807) is 0 Å². The SMILES string of the molecule is CO[C@H]1OC2CO[P+](=O)O[P+](=O)O[C@H]2[C@@H]2O[P+](=O)OP(=O)(O)OC12. The largest absolute Gasteiger partial charge is 0.748 e. The lowest BCUT2D eigenvalue weighted by atomic mass is 9.99. The quantitative estimate of drug-likeness (QED) is 0.602. The third kappa shape index (κ3) is 4.11. The van der Waals surface area contributed by atoms with Crippen molar-refractivity contribution in [3.8, 4) is 0 Å². The summed E-state index contributed by atoms with van der Waals surface area (Å²) in [6.45, 7) is -0.329. The van der Waals surface area contributed by atoms with Gasteiger partial charge in [-0.3, -0.25) is 9.42 Å². The maximum absolute atomic E-state index is 11.7. The molecular formula is C7H11O13P4+3. The molecule has 0 radical (unpaired) electrons. The van der Waals surface area contributed by atoms with E-state index in [-0.39, 0.29) is 6.61 Å². The number of hydrogen-bond donors (Lipinski definition) is 1. The zero-order valence-corrected chi connectivity index (χ0v) is 15.3. The molecule has 1 N–H and O–H groups in total. The summed E-state index contributed by atoms with van der Waals surface area (Å²) in [6, 6.07) is 0. The van der Waals surface area contributed by atoms with E-state index in [1.165, 1.54) is 7.11 Å². The van der Waals surface area contributed by atoms with Crippen molar-refractivity contribution >= 4 is 32.6 Å². The Balaban J connectivity index is 1.93. The van der Waals surface area contributed by atoms with Gasteiger partial charge in [-0.05, 0) is 4.31 Å². The minimum absolute atomic E-state index is 0.329. The van der Waals surface area contributed by atoms with Crippen molar-refractivity contribution in [2.75, 3.05) is 13.7 Å². The molecule has 0 aromatic heterocycles. The highest BCUT2D eigenvalue weighted by Gasteiger charge is 2.63. The van der Waals surface area contributed by atoms with Crippen molar-refractivity contribution in [2.24, 2.45) is 0 Å². The molecular weight excluding hydrogens is 416 g/mol. The maximum Gasteiger partial charge on any atom is 0.748 e. The van der Waals surface area contributed by atoms with Gasteiger partial charge in [-0.1, -0.05) is 0 Å². The number of fused-ring (bicyclic) bond motifs is 3. The van der Waals surface area contributed by atoms with Crippen LogP contribution in [0.25, 0.3) is 0 Å². The Bertz CT molecular complexity index is 609. The predicted octanol–water partition coefficient (Wildman–Crippen LogP) is 1.66. The monoisotopic (exact) mass is 427 g/mol.